The number of nitrogens with zero attached hydrogens (tertiary/aromatic N) is 1. The molecule has 0 aromatic heterocycles. The highest BCUT2D eigenvalue weighted by molar-refractivity contribution is 9.11. The number of halogens is 2. The third-order valence-corrected chi connectivity index (χ3v) is 1.85. The fourth-order valence-electron chi connectivity index (χ4n) is 0.593. The first-order valence-corrected chi connectivity index (χ1v) is 4.21. The SMILES string of the molecule is O=[N+]([O-])c1cc(Br)[c]c(Br)c1. The van der Waals surface area contributed by atoms with E-state index in [4.69, 9.17) is 0 Å². The van der Waals surface area contributed by atoms with E-state index in [2.05, 4.69) is 37.9 Å². The molecule has 3 nitrogen and oxygen atoms in total. The maximum Gasteiger partial charge on any atom is 0.271 e. The molecule has 0 atom stereocenters. The molecular weight excluding hydrogens is 278 g/mol. The Bertz CT molecular complexity index is 280. The van der Waals surface area contributed by atoms with Gasteiger partial charge in [-0.05, 0) is 31.9 Å². The van der Waals surface area contributed by atoms with Gasteiger partial charge in [-0.1, -0.05) is 0 Å². The lowest BCUT2D eigenvalue weighted by molar-refractivity contribution is -0.385. The largest absolute Gasteiger partial charge is 0.271 e. The van der Waals surface area contributed by atoms with Crippen LogP contribution in [0.5, 0.6) is 0 Å². The van der Waals surface area contributed by atoms with Crippen molar-refractivity contribution in [3.05, 3.63) is 37.3 Å². The highest BCUT2D eigenvalue weighted by Gasteiger charge is 2.06. The molecule has 0 aliphatic carbocycles. The van der Waals surface area contributed by atoms with Crippen LogP contribution in [0.3, 0.4) is 0 Å². The Morgan fingerprint density at radius 2 is 1.82 bits per heavy atom. The van der Waals surface area contributed by atoms with Gasteiger partial charge in [-0.3, -0.25) is 10.1 Å². The summed E-state index contributed by atoms with van der Waals surface area (Å²) in [6.07, 6.45) is 0. The van der Waals surface area contributed by atoms with Crippen LogP contribution in [0.25, 0.3) is 0 Å². The third kappa shape index (κ3) is 2.27. The molecule has 0 aliphatic heterocycles. The Morgan fingerprint density at radius 3 is 2.18 bits per heavy atom. The van der Waals surface area contributed by atoms with Crippen molar-refractivity contribution in [2.45, 2.75) is 0 Å². The molecule has 0 bridgehead atoms. The number of hydrogen-bond donors (Lipinski definition) is 0. The minimum Gasteiger partial charge on any atom is -0.258 e. The van der Waals surface area contributed by atoms with Crippen molar-refractivity contribution in [1.29, 1.82) is 0 Å². The summed E-state index contributed by atoms with van der Waals surface area (Å²) in [5.74, 6) is 0. The van der Waals surface area contributed by atoms with E-state index in [1.165, 1.54) is 12.1 Å². The van der Waals surface area contributed by atoms with Crippen molar-refractivity contribution in [3.8, 4) is 0 Å². The summed E-state index contributed by atoms with van der Waals surface area (Å²) in [6.45, 7) is 0. The Balaban J connectivity index is 3.19. The highest BCUT2D eigenvalue weighted by Crippen LogP contribution is 2.23. The van der Waals surface area contributed by atoms with Gasteiger partial charge in [0.2, 0.25) is 0 Å². The first kappa shape index (κ1) is 8.67. The summed E-state index contributed by atoms with van der Waals surface area (Å²) < 4.78 is 1.14. The van der Waals surface area contributed by atoms with E-state index in [-0.39, 0.29) is 5.69 Å². The van der Waals surface area contributed by atoms with Crippen LogP contribution < -0.4 is 0 Å². The van der Waals surface area contributed by atoms with Crippen LogP contribution in [0.1, 0.15) is 0 Å². The molecule has 0 N–H and O–H groups in total. The van der Waals surface area contributed by atoms with Crippen LogP contribution in [-0.2, 0) is 0 Å². The molecular formula is C6H2Br2NO2. The average Bonchev–Trinajstić information content (AvgIpc) is 1.85. The van der Waals surface area contributed by atoms with Gasteiger partial charge >= 0.3 is 0 Å². The topological polar surface area (TPSA) is 43.1 Å². The average molecular weight is 280 g/mol. The van der Waals surface area contributed by atoms with Crippen molar-refractivity contribution in [1.82, 2.24) is 0 Å². The zero-order valence-electron chi connectivity index (χ0n) is 5.17. The highest BCUT2D eigenvalue weighted by atomic mass is 79.9. The summed E-state index contributed by atoms with van der Waals surface area (Å²) in [6, 6.07) is 5.58. The zero-order valence-corrected chi connectivity index (χ0v) is 8.35. The van der Waals surface area contributed by atoms with Crippen LogP contribution in [0.15, 0.2) is 21.1 Å². The second kappa shape index (κ2) is 3.32. The van der Waals surface area contributed by atoms with Crippen LogP contribution >= 0.6 is 31.9 Å². The number of nitro benzene ring substituents is 1. The van der Waals surface area contributed by atoms with Gasteiger partial charge in [-0.15, -0.1) is 0 Å². The lowest BCUT2D eigenvalue weighted by Gasteiger charge is -1.92. The minimum absolute atomic E-state index is 0.0440. The molecule has 0 saturated heterocycles. The molecule has 57 valence electrons. The fourth-order valence-corrected chi connectivity index (χ4v) is 1.76. The summed E-state index contributed by atoms with van der Waals surface area (Å²) >= 11 is 6.18. The lowest BCUT2D eigenvalue weighted by atomic mass is 10.3. The van der Waals surface area contributed by atoms with E-state index in [1.54, 1.807) is 0 Å². The summed E-state index contributed by atoms with van der Waals surface area (Å²) in [7, 11) is 0. The second-order valence-corrected chi connectivity index (χ2v) is 3.50. The van der Waals surface area contributed by atoms with Gasteiger partial charge in [0.05, 0.1) is 4.92 Å². The quantitative estimate of drug-likeness (QED) is 0.586. The molecule has 1 aromatic carbocycles. The van der Waals surface area contributed by atoms with E-state index in [0.717, 1.165) is 0 Å². The van der Waals surface area contributed by atoms with Gasteiger partial charge in [-0.2, -0.15) is 0 Å². The van der Waals surface area contributed by atoms with Gasteiger partial charge in [-0.25, -0.2) is 0 Å². The molecule has 0 saturated carbocycles. The standard InChI is InChI=1S/C6H2Br2NO2/c7-4-1-5(8)3-6(2-4)9(10)11/h2-3H. The normalized spacial score (nSPS) is 9.64. The first-order valence-electron chi connectivity index (χ1n) is 2.62. The molecule has 5 heteroatoms. The van der Waals surface area contributed by atoms with E-state index in [9.17, 15) is 10.1 Å². The van der Waals surface area contributed by atoms with E-state index >= 15 is 0 Å². The van der Waals surface area contributed by atoms with Gasteiger partial charge in [0.15, 0.2) is 0 Å². The van der Waals surface area contributed by atoms with Gasteiger partial charge in [0.25, 0.3) is 5.69 Å². The van der Waals surface area contributed by atoms with Crippen LogP contribution in [-0.4, -0.2) is 4.92 Å². The Morgan fingerprint density at radius 1 is 1.36 bits per heavy atom. The number of benzene rings is 1. The molecule has 0 unspecified atom stereocenters. The molecule has 1 aromatic rings. The number of hydrogen-bond acceptors (Lipinski definition) is 2. The maximum atomic E-state index is 10.3. The molecule has 1 rings (SSSR count). The van der Waals surface area contributed by atoms with Gasteiger partial charge in [0, 0.05) is 27.1 Å². The predicted molar refractivity (Wildman–Crippen MR) is 47.3 cm³/mol. The predicted octanol–water partition coefficient (Wildman–Crippen LogP) is 2.92. The Hall–Kier alpha value is -0.420. The van der Waals surface area contributed by atoms with Gasteiger partial charge in [0.1, 0.15) is 0 Å². The lowest BCUT2D eigenvalue weighted by Crippen LogP contribution is -1.87. The van der Waals surface area contributed by atoms with Crippen molar-refractivity contribution in [3.63, 3.8) is 0 Å². The molecule has 0 heterocycles. The van der Waals surface area contributed by atoms with Crippen molar-refractivity contribution >= 4 is 37.5 Å². The summed E-state index contributed by atoms with van der Waals surface area (Å²) in [5.41, 5.74) is 0.0440. The van der Waals surface area contributed by atoms with Crippen LogP contribution in [0, 0.1) is 16.2 Å². The number of nitro groups is 1. The molecule has 0 fully saturated rings. The van der Waals surface area contributed by atoms with E-state index in [0.29, 0.717) is 8.95 Å². The van der Waals surface area contributed by atoms with E-state index < -0.39 is 4.92 Å². The molecule has 0 amide bonds. The smallest absolute Gasteiger partial charge is 0.258 e. The zero-order chi connectivity index (χ0) is 8.43. The molecule has 1 radical (unpaired) electrons. The number of rotatable bonds is 1. The van der Waals surface area contributed by atoms with Crippen LogP contribution in [0.2, 0.25) is 0 Å². The second-order valence-electron chi connectivity index (χ2n) is 1.79. The monoisotopic (exact) mass is 278 g/mol. The Kier molecular flexibility index (Phi) is 2.62. The first-order chi connectivity index (χ1) is 5.09. The Labute approximate surface area is 79.8 Å². The summed E-state index contributed by atoms with van der Waals surface area (Å²) in [5, 5.41) is 10.3. The van der Waals surface area contributed by atoms with Crippen molar-refractivity contribution in [2.24, 2.45) is 0 Å². The van der Waals surface area contributed by atoms with E-state index in [1.807, 2.05) is 0 Å². The summed E-state index contributed by atoms with van der Waals surface area (Å²) in [4.78, 5) is 9.80. The van der Waals surface area contributed by atoms with Gasteiger partial charge < -0.3 is 0 Å². The fraction of sp³-hybridized carbons (Fsp3) is 0. The number of non-ortho nitro benzene ring substituents is 1. The maximum absolute atomic E-state index is 10.3. The van der Waals surface area contributed by atoms with Crippen LogP contribution in [0.4, 0.5) is 5.69 Å². The van der Waals surface area contributed by atoms with Crippen molar-refractivity contribution in [2.75, 3.05) is 0 Å². The molecule has 0 spiro atoms. The molecule has 0 aliphatic rings. The molecule has 11 heavy (non-hydrogen) atoms. The minimum atomic E-state index is -0.455. The van der Waals surface area contributed by atoms with Crippen molar-refractivity contribution < 1.29 is 4.92 Å². The third-order valence-electron chi connectivity index (χ3n) is 0.999.